The molecule has 0 saturated heterocycles. The van der Waals surface area contributed by atoms with E-state index in [4.69, 9.17) is 0 Å². The first-order valence-electron chi connectivity index (χ1n) is 8.44. The number of thiophene rings is 1. The number of nitrogens with one attached hydrogen (secondary N) is 2. The number of hydrogen-bond donors (Lipinski definition) is 3. The average molecular weight is 362 g/mol. The summed E-state index contributed by atoms with van der Waals surface area (Å²) in [6, 6.07) is 9.42. The Labute approximate surface area is 153 Å². The summed E-state index contributed by atoms with van der Waals surface area (Å²) in [7, 11) is 3.98. The molecule has 0 fully saturated rings. The van der Waals surface area contributed by atoms with E-state index in [0.717, 1.165) is 18.4 Å². The van der Waals surface area contributed by atoms with Gasteiger partial charge in [0, 0.05) is 18.6 Å². The van der Waals surface area contributed by atoms with Crippen molar-refractivity contribution in [2.24, 2.45) is 0 Å². The standard InChI is InChI=1S/C19H27N3O2S/c1-14(9-16-7-8-25-13-16)21-19(24)20-12-17(22(2)3)10-15-5-4-6-18(23)11-15/h4-8,11,13-14,17,23H,9-10,12H2,1-3H3,(H2,20,21,24). The summed E-state index contributed by atoms with van der Waals surface area (Å²) in [4.78, 5) is 14.2. The van der Waals surface area contributed by atoms with Gasteiger partial charge in [-0.2, -0.15) is 11.3 Å². The van der Waals surface area contributed by atoms with Gasteiger partial charge in [0.2, 0.25) is 0 Å². The Kier molecular flexibility index (Phi) is 7.28. The number of rotatable bonds is 8. The summed E-state index contributed by atoms with van der Waals surface area (Å²) in [5.74, 6) is 0.267. The molecule has 6 heteroatoms. The molecular formula is C19H27N3O2S. The molecule has 0 aliphatic carbocycles. The lowest BCUT2D eigenvalue weighted by atomic mass is 10.0. The molecule has 25 heavy (non-hydrogen) atoms. The van der Waals surface area contributed by atoms with Gasteiger partial charge in [-0.05, 0) is 73.9 Å². The van der Waals surface area contributed by atoms with Crippen molar-refractivity contribution < 1.29 is 9.90 Å². The SMILES string of the molecule is CC(Cc1ccsc1)NC(=O)NCC(Cc1cccc(O)c1)N(C)C. The van der Waals surface area contributed by atoms with Gasteiger partial charge >= 0.3 is 6.03 Å². The van der Waals surface area contributed by atoms with E-state index >= 15 is 0 Å². The monoisotopic (exact) mass is 361 g/mol. The summed E-state index contributed by atoms with van der Waals surface area (Å²) in [5, 5.41) is 19.7. The lowest BCUT2D eigenvalue weighted by Crippen LogP contribution is -2.47. The van der Waals surface area contributed by atoms with Gasteiger partial charge in [-0.25, -0.2) is 4.79 Å². The minimum Gasteiger partial charge on any atom is -0.508 e. The van der Waals surface area contributed by atoms with Crippen molar-refractivity contribution in [3.63, 3.8) is 0 Å². The van der Waals surface area contributed by atoms with Crippen molar-refractivity contribution in [1.29, 1.82) is 0 Å². The first kappa shape index (κ1) is 19.3. The topological polar surface area (TPSA) is 64.6 Å². The van der Waals surface area contributed by atoms with Gasteiger partial charge in [-0.3, -0.25) is 0 Å². The van der Waals surface area contributed by atoms with Gasteiger partial charge in [-0.15, -0.1) is 0 Å². The molecule has 1 aromatic carbocycles. The van der Waals surface area contributed by atoms with Gasteiger partial charge in [0.15, 0.2) is 0 Å². The number of likely N-dealkylation sites (N-methyl/N-ethyl adjacent to an activating group) is 1. The van der Waals surface area contributed by atoms with E-state index in [1.54, 1.807) is 23.5 Å². The molecule has 2 rings (SSSR count). The van der Waals surface area contributed by atoms with E-state index in [1.165, 1.54) is 5.56 Å². The summed E-state index contributed by atoms with van der Waals surface area (Å²) >= 11 is 1.67. The fraction of sp³-hybridized carbons (Fsp3) is 0.421. The fourth-order valence-electron chi connectivity index (χ4n) is 2.69. The van der Waals surface area contributed by atoms with Crippen LogP contribution in [0.2, 0.25) is 0 Å². The Morgan fingerprint density at radius 3 is 2.68 bits per heavy atom. The predicted molar refractivity (Wildman–Crippen MR) is 103 cm³/mol. The molecule has 136 valence electrons. The number of amides is 2. The molecule has 2 unspecified atom stereocenters. The Bertz CT molecular complexity index is 658. The maximum absolute atomic E-state index is 12.1. The van der Waals surface area contributed by atoms with Crippen LogP contribution >= 0.6 is 11.3 Å². The first-order valence-corrected chi connectivity index (χ1v) is 9.38. The van der Waals surface area contributed by atoms with Gasteiger partial charge < -0.3 is 20.6 Å². The largest absolute Gasteiger partial charge is 0.508 e. The minimum absolute atomic E-state index is 0.0819. The van der Waals surface area contributed by atoms with Crippen LogP contribution < -0.4 is 10.6 Å². The number of benzene rings is 1. The van der Waals surface area contributed by atoms with Crippen LogP contribution in [0.1, 0.15) is 18.1 Å². The second-order valence-electron chi connectivity index (χ2n) is 6.58. The Hall–Kier alpha value is -2.05. The van der Waals surface area contributed by atoms with E-state index in [2.05, 4.69) is 27.0 Å². The van der Waals surface area contributed by atoms with Crippen LogP contribution in [0.15, 0.2) is 41.1 Å². The van der Waals surface area contributed by atoms with Crippen LogP contribution in [0.25, 0.3) is 0 Å². The third-order valence-corrected chi connectivity index (χ3v) is 4.84. The van der Waals surface area contributed by atoms with Gasteiger partial charge in [0.05, 0.1) is 0 Å². The van der Waals surface area contributed by atoms with E-state index in [0.29, 0.717) is 6.54 Å². The Morgan fingerprint density at radius 1 is 1.24 bits per heavy atom. The molecule has 0 aliphatic heterocycles. The van der Waals surface area contributed by atoms with Crippen molar-refractivity contribution in [2.45, 2.75) is 31.8 Å². The molecule has 1 aromatic heterocycles. The van der Waals surface area contributed by atoms with Crippen molar-refractivity contribution >= 4 is 17.4 Å². The summed E-state index contributed by atoms with van der Waals surface area (Å²) in [6.45, 7) is 2.55. The molecule has 0 aliphatic rings. The highest BCUT2D eigenvalue weighted by Crippen LogP contribution is 2.14. The summed E-state index contributed by atoms with van der Waals surface area (Å²) in [6.07, 6.45) is 1.59. The molecule has 1 heterocycles. The zero-order valence-electron chi connectivity index (χ0n) is 15.0. The predicted octanol–water partition coefficient (Wildman–Crippen LogP) is 2.86. The molecule has 0 spiro atoms. The molecule has 2 aromatic rings. The number of nitrogens with zero attached hydrogens (tertiary/aromatic N) is 1. The number of phenolic OH excluding ortho intramolecular Hbond substituents is 1. The van der Waals surface area contributed by atoms with Crippen LogP contribution in [0.4, 0.5) is 4.79 Å². The van der Waals surface area contributed by atoms with Gasteiger partial charge in [0.1, 0.15) is 5.75 Å². The second-order valence-corrected chi connectivity index (χ2v) is 7.36. The molecule has 3 N–H and O–H groups in total. The highest BCUT2D eigenvalue weighted by Gasteiger charge is 2.15. The molecule has 2 amide bonds. The van der Waals surface area contributed by atoms with E-state index in [1.807, 2.05) is 38.5 Å². The van der Waals surface area contributed by atoms with E-state index < -0.39 is 0 Å². The van der Waals surface area contributed by atoms with Crippen molar-refractivity contribution in [1.82, 2.24) is 15.5 Å². The zero-order chi connectivity index (χ0) is 18.2. The number of carbonyl (C=O) groups is 1. The number of phenols is 1. The third-order valence-electron chi connectivity index (χ3n) is 4.11. The highest BCUT2D eigenvalue weighted by molar-refractivity contribution is 7.07. The van der Waals surface area contributed by atoms with Crippen LogP contribution in [0.5, 0.6) is 5.75 Å². The average Bonchev–Trinajstić information content (AvgIpc) is 3.03. The molecule has 2 atom stereocenters. The summed E-state index contributed by atoms with van der Waals surface area (Å²) in [5.41, 5.74) is 2.29. The van der Waals surface area contributed by atoms with Crippen molar-refractivity contribution in [2.75, 3.05) is 20.6 Å². The van der Waals surface area contributed by atoms with Crippen molar-refractivity contribution in [3.8, 4) is 5.75 Å². The van der Waals surface area contributed by atoms with Crippen molar-refractivity contribution in [3.05, 3.63) is 52.2 Å². The zero-order valence-corrected chi connectivity index (χ0v) is 15.8. The molecule has 0 saturated carbocycles. The number of hydrogen-bond acceptors (Lipinski definition) is 4. The van der Waals surface area contributed by atoms with Gasteiger partial charge in [0.25, 0.3) is 0 Å². The summed E-state index contributed by atoms with van der Waals surface area (Å²) < 4.78 is 0. The first-order chi connectivity index (χ1) is 11.9. The fourth-order valence-corrected chi connectivity index (χ4v) is 3.37. The quantitative estimate of drug-likeness (QED) is 0.677. The number of urea groups is 1. The van der Waals surface area contributed by atoms with Crippen LogP contribution in [-0.4, -0.2) is 48.8 Å². The molecule has 0 bridgehead atoms. The smallest absolute Gasteiger partial charge is 0.315 e. The van der Waals surface area contributed by atoms with Crippen LogP contribution in [0.3, 0.4) is 0 Å². The third kappa shape index (κ3) is 6.76. The lowest BCUT2D eigenvalue weighted by molar-refractivity contribution is 0.229. The molecular weight excluding hydrogens is 334 g/mol. The molecule has 0 radical (unpaired) electrons. The molecule has 5 nitrogen and oxygen atoms in total. The minimum atomic E-state index is -0.148. The van der Waals surface area contributed by atoms with Crippen LogP contribution in [-0.2, 0) is 12.8 Å². The lowest BCUT2D eigenvalue weighted by Gasteiger charge is -2.25. The second kappa shape index (κ2) is 9.44. The Balaban J connectivity index is 1.80. The highest BCUT2D eigenvalue weighted by atomic mass is 32.1. The number of carbonyl (C=O) groups excluding carboxylic acids is 1. The van der Waals surface area contributed by atoms with E-state index in [9.17, 15) is 9.90 Å². The number of aromatic hydroxyl groups is 1. The maximum atomic E-state index is 12.1. The van der Waals surface area contributed by atoms with Crippen LogP contribution in [0, 0.1) is 0 Å². The van der Waals surface area contributed by atoms with E-state index in [-0.39, 0.29) is 23.9 Å². The Morgan fingerprint density at radius 2 is 2.04 bits per heavy atom. The normalized spacial score (nSPS) is 13.4. The maximum Gasteiger partial charge on any atom is 0.315 e. The van der Waals surface area contributed by atoms with Gasteiger partial charge in [-0.1, -0.05) is 12.1 Å².